The molecule has 0 aromatic heterocycles. The standard InChI is InChI=1S/C15H11NO3S/c17-12-7-3-4-8-13(12)20-9-16-14(18)10-5-1-2-6-11(10)15(16)19/h1-8,17H,9H2. The van der Waals surface area contributed by atoms with Crippen LogP contribution in [0.15, 0.2) is 53.4 Å². The average Bonchev–Trinajstić information content (AvgIpc) is 2.71. The van der Waals surface area contributed by atoms with Gasteiger partial charge in [0, 0.05) is 0 Å². The summed E-state index contributed by atoms with van der Waals surface area (Å²) >= 11 is 1.26. The zero-order valence-corrected chi connectivity index (χ0v) is 11.3. The van der Waals surface area contributed by atoms with Crippen LogP contribution in [-0.4, -0.2) is 27.7 Å². The number of imide groups is 1. The Labute approximate surface area is 120 Å². The zero-order chi connectivity index (χ0) is 14.1. The molecule has 100 valence electrons. The molecule has 0 spiro atoms. The van der Waals surface area contributed by atoms with Crippen LogP contribution in [0.2, 0.25) is 0 Å². The lowest BCUT2D eigenvalue weighted by Gasteiger charge is -2.13. The number of hydrogen-bond acceptors (Lipinski definition) is 4. The molecule has 2 amide bonds. The summed E-state index contributed by atoms with van der Waals surface area (Å²) < 4.78 is 0. The third-order valence-corrected chi connectivity index (χ3v) is 4.14. The molecule has 0 atom stereocenters. The summed E-state index contributed by atoms with van der Waals surface area (Å²) in [7, 11) is 0. The summed E-state index contributed by atoms with van der Waals surface area (Å²) in [5, 5.41) is 9.68. The van der Waals surface area contributed by atoms with Gasteiger partial charge in [-0.2, -0.15) is 0 Å². The van der Waals surface area contributed by atoms with Crippen molar-refractivity contribution in [2.75, 3.05) is 5.88 Å². The van der Waals surface area contributed by atoms with Crippen LogP contribution in [0.25, 0.3) is 0 Å². The van der Waals surface area contributed by atoms with E-state index in [1.54, 1.807) is 48.5 Å². The maximum absolute atomic E-state index is 12.1. The summed E-state index contributed by atoms with van der Waals surface area (Å²) in [6, 6.07) is 13.6. The summed E-state index contributed by atoms with van der Waals surface area (Å²) in [6.07, 6.45) is 0. The molecule has 5 heteroatoms. The SMILES string of the molecule is O=C1c2ccccc2C(=O)N1CSc1ccccc1O. The van der Waals surface area contributed by atoms with Gasteiger partial charge in [0.15, 0.2) is 0 Å². The number of benzene rings is 2. The molecule has 1 aliphatic heterocycles. The molecule has 2 aromatic carbocycles. The van der Waals surface area contributed by atoms with Crippen LogP contribution in [0, 0.1) is 0 Å². The van der Waals surface area contributed by atoms with Crippen molar-refractivity contribution in [2.24, 2.45) is 0 Å². The first-order chi connectivity index (χ1) is 9.68. The van der Waals surface area contributed by atoms with Crippen molar-refractivity contribution in [3.8, 4) is 5.75 Å². The number of carbonyl (C=O) groups excluding carboxylic acids is 2. The van der Waals surface area contributed by atoms with Crippen LogP contribution in [0.5, 0.6) is 5.75 Å². The Morgan fingerprint density at radius 1 is 0.900 bits per heavy atom. The second-order valence-electron chi connectivity index (χ2n) is 4.33. The van der Waals surface area contributed by atoms with Gasteiger partial charge < -0.3 is 5.11 Å². The summed E-state index contributed by atoms with van der Waals surface area (Å²) in [6.45, 7) is 0. The molecule has 0 bridgehead atoms. The third kappa shape index (κ3) is 2.06. The van der Waals surface area contributed by atoms with Gasteiger partial charge in [0.25, 0.3) is 11.8 Å². The maximum Gasteiger partial charge on any atom is 0.262 e. The van der Waals surface area contributed by atoms with Crippen LogP contribution in [0.3, 0.4) is 0 Å². The quantitative estimate of drug-likeness (QED) is 0.696. The van der Waals surface area contributed by atoms with Crippen molar-refractivity contribution in [1.82, 2.24) is 4.90 Å². The van der Waals surface area contributed by atoms with E-state index in [0.717, 1.165) is 0 Å². The molecule has 0 aliphatic carbocycles. The predicted octanol–water partition coefficient (Wildman–Crippen LogP) is 2.74. The average molecular weight is 285 g/mol. The van der Waals surface area contributed by atoms with Gasteiger partial charge in [0.2, 0.25) is 0 Å². The van der Waals surface area contributed by atoms with Gasteiger partial charge in [-0.15, -0.1) is 0 Å². The lowest BCUT2D eigenvalue weighted by Crippen LogP contribution is -2.29. The highest BCUT2D eigenvalue weighted by molar-refractivity contribution is 7.99. The van der Waals surface area contributed by atoms with Crippen LogP contribution >= 0.6 is 11.8 Å². The maximum atomic E-state index is 12.1. The Balaban J connectivity index is 1.79. The number of para-hydroxylation sites is 1. The largest absolute Gasteiger partial charge is 0.507 e. The highest BCUT2D eigenvalue weighted by atomic mass is 32.2. The first-order valence-electron chi connectivity index (χ1n) is 6.04. The van der Waals surface area contributed by atoms with Crippen LogP contribution in [0.4, 0.5) is 0 Å². The number of carbonyl (C=O) groups is 2. The van der Waals surface area contributed by atoms with E-state index in [0.29, 0.717) is 16.0 Å². The Morgan fingerprint density at radius 3 is 2.05 bits per heavy atom. The molecule has 0 saturated carbocycles. The molecular weight excluding hydrogens is 274 g/mol. The van der Waals surface area contributed by atoms with Gasteiger partial charge in [-0.25, -0.2) is 0 Å². The minimum atomic E-state index is -0.284. The van der Waals surface area contributed by atoms with E-state index in [9.17, 15) is 14.7 Å². The van der Waals surface area contributed by atoms with E-state index < -0.39 is 0 Å². The highest BCUT2D eigenvalue weighted by Crippen LogP contribution is 2.31. The fourth-order valence-electron chi connectivity index (χ4n) is 2.07. The van der Waals surface area contributed by atoms with E-state index in [4.69, 9.17) is 0 Å². The minimum Gasteiger partial charge on any atom is -0.507 e. The minimum absolute atomic E-state index is 0.147. The molecule has 20 heavy (non-hydrogen) atoms. The summed E-state index contributed by atoms with van der Waals surface area (Å²) in [5.74, 6) is -0.236. The number of phenolic OH excluding ortho intramolecular Hbond substituents is 1. The second-order valence-corrected chi connectivity index (χ2v) is 5.31. The molecule has 2 aromatic rings. The predicted molar refractivity (Wildman–Crippen MR) is 75.8 cm³/mol. The number of nitrogens with zero attached hydrogens (tertiary/aromatic N) is 1. The van der Waals surface area contributed by atoms with Crippen LogP contribution in [0.1, 0.15) is 20.7 Å². The van der Waals surface area contributed by atoms with Crippen molar-refractivity contribution in [1.29, 1.82) is 0 Å². The Hall–Kier alpha value is -2.27. The van der Waals surface area contributed by atoms with Crippen molar-refractivity contribution in [3.05, 3.63) is 59.7 Å². The van der Waals surface area contributed by atoms with Gasteiger partial charge in [0.05, 0.1) is 21.9 Å². The molecule has 0 radical (unpaired) electrons. The molecule has 0 fully saturated rings. The highest BCUT2D eigenvalue weighted by Gasteiger charge is 2.34. The fourth-order valence-corrected chi connectivity index (χ4v) is 2.96. The molecule has 1 N–H and O–H groups in total. The first kappa shape index (κ1) is 12.7. The molecule has 4 nitrogen and oxygen atoms in total. The van der Waals surface area contributed by atoms with Gasteiger partial charge in [-0.05, 0) is 24.3 Å². The Bertz CT molecular complexity index is 664. The van der Waals surface area contributed by atoms with E-state index in [2.05, 4.69) is 0 Å². The monoisotopic (exact) mass is 285 g/mol. The number of fused-ring (bicyclic) bond motifs is 1. The lowest BCUT2D eigenvalue weighted by atomic mass is 10.1. The van der Waals surface area contributed by atoms with E-state index in [-0.39, 0.29) is 23.4 Å². The Morgan fingerprint density at radius 2 is 1.45 bits per heavy atom. The molecular formula is C15H11NO3S. The van der Waals surface area contributed by atoms with Crippen LogP contribution < -0.4 is 0 Å². The number of amides is 2. The molecule has 0 saturated heterocycles. The van der Waals surface area contributed by atoms with E-state index in [1.165, 1.54) is 16.7 Å². The fraction of sp³-hybridized carbons (Fsp3) is 0.0667. The molecule has 3 rings (SSSR count). The van der Waals surface area contributed by atoms with Crippen molar-refractivity contribution >= 4 is 23.6 Å². The second kappa shape index (κ2) is 5.02. The number of phenols is 1. The van der Waals surface area contributed by atoms with Crippen molar-refractivity contribution < 1.29 is 14.7 Å². The normalized spacial score (nSPS) is 13.7. The van der Waals surface area contributed by atoms with Crippen molar-refractivity contribution in [2.45, 2.75) is 4.90 Å². The van der Waals surface area contributed by atoms with Crippen LogP contribution in [-0.2, 0) is 0 Å². The van der Waals surface area contributed by atoms with Gasteiger partial charge in [-0.1, -0.05) is 36.0 Å². The van der Waals surface area contributed by atoms with Gasteiger partial charge in [0.1, 0.15) is 5.75 Å². The number of aromatic hydroxyl groups is 1. The lowest BCUT2D eigenvalue weighted by molar-refractivity contribution is 0.0684. The first-order valence-corrected chi connectivity index (χ1v) is 7.03. The third-order valence-electron chi connectivity index (χ3n) is 3.09. The molecule has 1 aliphatic rings. The van der Waals surface area contributed by atoms with E-state index >= 15 is 0 Å². The topological polar surface area (TPSA) is 57.6 Å². The number of hydrogen-bond donors (Lipinski definition) is 1. The summed E-state index contributed by atoms with van der Waals surface area (Å²) in [5.41, 5.74) is 0.880. The van der Waals surface area contributed by atoms with E-state index in [1.807, 2.05) is 0 Å². The van der Waals surface area contributed by atoms with Gasteiger partial charge >= 0.3 is 0 Å². The van der Waals surface area contributed by atoms with Gasteiger partial charge in [-0.3, -0.25) is 14.5 Å². The zero-order valence-electron chi connectivity index (χ0n) is 10.4. The molecule has 1 heterocycles. The van der Waals surface area contributed by atoms with Crippen molar-refractivity contribution in [3.63, 3.8) is 0 Å². The number of thioether (sulfide) groups is 1. The smallest absolute Gasteiger partial charge is 0.262 e. The Kier molecular flexibility index (Phi) is 3.20. The number of rotatable bonds is 3. The summed E-state index contributed by atoms with van der Waals surface area (Å²) in [4.78, 5) is 26.1. The molecule has 0 unspecified atom stereocenters.